The van der Waals surface area contributed by atoms with Crippen LogP contribution < -0.4 is 11.1 Å². The number of carbonyl (C=O) groups excluding carboxylic acids is 1. The highest BCUT2D eigenvalue weighted by molar-refractivity contribution is 6.08. The summed E-state index contributed by atoms with van der Waals surface area (Å²) in [6.07, 6.45) is 3.25. The van der Waals surface area contributed by atoms with Gasteiger partial charge in [0.2, 0.25) is 0 Å². The number of aryl methyl sites for hydroxylation is 2. The highest BCUT2D eigenvalue weighted by atomic mass is 19.1. The number of pyridine rings is 1. The Bertz CT molecular complexity index is 885. The molecule has 1 aromatic carbocycles. The van der Waals surface area contributed by atoms with E-state index >= 15 is 0 Å². The predicted molar refractivity (Wildman–Crippen MR) is 83.7 cm³/mol. The van der Waals surface area contributed by atoms with Crippen LogP contribution in [0.25, 0.3) is 10.9 Å². The van der Waals surface area contributed by atoms with E-state index in [0.717, 1.165) is 11.1 Å². The zero-order chi connectivity index (χ0) is 15.9. The molecule has 0 saturated carbocycles. The summed E-state index contributed by atoms with van der Waals surface area (Å²) in [4.78, 5) is 15.9. The summed E-state index contributed by atoms with van der Waals surface area (Å²) in [5.74, 6) is -0.981. The number of nitrogens with zero attached hydrogens (tertiary/aromatic N) is 2. The number of nitrogens with one attached hydrogen (secondary N) is 1. The van der Waals surface area contributed by atoms with Gasteiger partial charge in [0.05, 0.1) is 16.9 Å². The van der Waals surface area contributed by atoms with Crippen LogP contribution >= 0.6 is 0 Å². The Hall–Kier alpha value is -2.89. The molecular formula is C16H15FN4O. The molecule has 0 unspecified atom stereocenters. The molecule has 3 rings (SSSR count). The molecule has 112 valence electrons. The standard InChI is InChI=1S/C16H15FN4O/c1-9-3-4-12(11(17)7-9)20-14-10-8-19-6-5-13(10)21(2)15(14)16(18)22/h3-8,20H,1-2H3,(H2,18,22). The minimum Gasteiger partial charge on any atom is -0.364 e. The van der Waals surface area contributed by atoms with E-state index in [1.165, 1.54) is 6.07 Å². The summed E-state index contributed by atoms with van der Waals surface area (Å²) >= 11 is 0. The van der Waals surface area contributed by atoms with Gasteiger partial charge in [-0.25, -0.2) is 4.39 Å². The van der Waals surface area contributed by atoms with Crippen molar-refractivity contribution >= 4 is 28.2 Å². The second-order valence-corrected chi connectivity index (χ2v) is 5.15. The number of hydrogen-bond acceptors (Lipinski definition) is 3. The van der Waals surface area contributed by atoms with Crippen LogP contribution in [0.2, 0.25) is 0 Å². The minimum absolute atomic E-state index is 0.281. The number of aromatic nitrogens is 2. The Balaban J connectivity index is 2.21. The second kappa shape index (κ2) is 5.14. The van der Waals surface area contributed by atoms with Crippen molar-refractivity contribution in [3.63, 3.8) is 0 Å². The van der Waals surface area contributed by atoms with Gasteiger partial charge in [0.1, 0.15) is 11.5 Å². The van der Waals surface area contributed by atoms with Crippen LogP contribution in [0.15, 0.2) is 36.7 Å². The summed E-state index contributed by atoms with van der Waals surface area (Å²) in [6.45, 7) is 1.81. The first kappa shape index (κ1) is 14.1. The summed E-state index contributed by atoms with van der Waals surface area (Å²) in [6, 6.07) is 6.62. The molecule has 3 N–H and O–H groups in total. The van der Waals surface area contributed by atoms with Crippen LogP contribution in [0.1, 0.15) is 16.1 Å². The lowest BCUT2D eigenvalue weighted by Crippen LogP contribution is -2.17. The number of carbonyl (C=O) groups is 1. The average Bonchev–Trinajstić information content (AvgIpc) is 2.75. The maximum atomic E-state index is 14.1. The normalized spacial score (nSPS) is 10.9. The van der Waals surface area contributed by atoms with E-state index in [4.69, 9.17) is 5.73 Å². The fourth-order valence-corrected chi connectivity index (χ4v) is 2.56. The van der Waals surface area contributed by atoms with Gasteiger partial charge in [-0.1, -0.05) is 6.07 Å². The Labute approximate surface area is 126 Å². The van der Waals surface area contributed by atoms with Gasteiger partial charge < -0.3 is 15.6 Å². The minimum atomic E-state index is -0.589. The van der Waals surface area contributed by atoms with Crippen molar-refractivity contribution in [1.29, 1.82) is 0 Å². The van der Waals surface area contributed by atoms with E-state index in [9.17, 15) is 9.18 Å². The highest BCUT2D eigenvalue weighted by Crippen LogP contribution is 2.32. The maximum Gasteiger partial charge on any atom is 0.267 e. The second-order valence-electron chi connectivity index (χ2n) is 5.15. The van der Waals surface area contributed by atoms with Crippen LogP contribution in [0.4, 0.5) is 15.8 Å². The zero-order valence-corrected chi connectivity index (χ0v) is 12.2. The lowest BCUT2D eigenvalue weighted by atomic mass is 10.2. The number of halogens is 1. The number of rotatable bonds is 3. The van der Waals surface area contributed by atoms with Gasteiger partial charge in [0, 0.05) is 24.8 Å². The topological polar surface area (TPSA) is 72.9 Å². The molecule has 0 atom stereocenters. The van der Waals surface area contributed by atoms with Crippen molar-refractivity contribution in [2.24, 2.45) is 12.8 Å². The van der Waals surface area contributed by atoms with Gasteiger partial charge in [-0.2, -0.15) is 0 Å². The third kappa shape index (κ3) is 2.18. The molecule has 3 aromatic rings. The molecule has 1 amide bonds. The fourth-order valence-electron chi connectivity index (χ4n) is 2.56. The number of anilines is 2. The molecule has 2 heterocycles. The van der Waals surface area contributed by atoms with Crippen LogP contribution in [0.5, 0.6) is 0 Å². The molecular weight excluding hydrogens is 283 g/mol. The Morgan fingerprint density at radius 2 is 2.14 bits per heavy atom. The third-order valence-corrected chi connectivity index (χ3v) is 3.62. The van der Waals surface area contributed by atoms with Gasteiger partial charge >= 0.3 is 0 Å². The van der Waals surface area contributed by atoms with Gasteiger partial charge in [0.15, 0.2) is 0 Å². The van der Waals surface area contributed by atoms with E-state index in [1.54, 1.807) is 42.2 Å². The molecule has 0 radical (unpaired) electrons. The molecule has 6 heteroatoms. The number of fused-ring (bicyclic) bond motifs is 1. The SMILES string of the molecule is Cc1ccc(Nc2c(C(N)=O)n(C)c3ccncc23)c(F)c1. The van der Waals surface area contributed by atoms with Gasteiger partial charge in [-0.3, -0.25) is 9.78 Å². The number of amides is 1. The quantitative estimate of drug-likeness (QED) is 0.781. The van der Waals surface area contributed by atoms with Crippen LogP contribution in [0, 0.1) is 12.7 Å². The van der Waals surface area contributed by atoms with E-state index in [2.05, 4.69) is 10.3 Å². The molecule has 5 nitrogen and oxygen atoms in total. The summed E-state index contributed by atoms with van der Waals surface area (Å²) in [5.41, 5.74) is 8.11. The first-order chi connectivity index (χ1) is 10.5. The van der Waals surface area contributed by atoms with Crippen molar-refractivity contribution in [3.05, 3.63) is 53.7 Å². The summed E-state index contributed by atoms with van der Waals surface area (Å²) in [5, 5.41) is 3.68. The summed E-state index contributed by atoms with van der Waals surface area (Å²) < 4.78 is 15.7. The van der Waals surface area contributed by atoms with E-state index in [-0.39, 0.29) is 11.4 Å². The average molecular weight is 298 g/mol. The Morgan fingerprint density at radius 1 is 1.36 bits per heavy atom. The number of primary amides is 1. The molecule has 0 aliphatic carbocycles. The first-order valence-corrected chi connectivity index (χ1v) is 6.74. The highest BCUT2D eigenvalue weighted by Gasteiger charge is 2.20. The number of hydrogen-bond donors (Lipinski definition) is 2. The van der Waals surface area contributed by atoms with Crippen LogP contribution in [0.3, 0.4) is 0 Å². The predicted octanol–water partition coefficient (Wildman–Crippen LogP) is 2.86. The maximum absolute atomic E-state index is 14.1. The molecule has 0 bridgehead atoms. The molecule has 2 aromatic heterocycles. The summed E-state index contributed by atoms with van der Waals surface area (Å²) in [7, 11) is 1.74. The fraction of sp³-hybridized carbons (Fsp3) is 0.125. The molecule has 0 saturated heterocycles. The monoisotopic (exact) mass is 298 g/mol. The largest absolute Gasteiger partial charge is 0.364 e. The number of benzene rings is 1. The van der Waals surface area contributed by atoms with Crippen molar-refractivity contribution < 1.29 is 9.18 Å². The van der Waals surface area contributed by atoms with Crippen LogP contribution in [-0.2, 0) is 7.05 Å². The van der Waals surface area contributed by atoms with Crippen molar-refractivity contribution in [2.75, 3.05) is 5.32 Å². The lowest BCUT2D eigenvalue weighted by Gasteiger charge is -2.09. The first-order valence-electron chi connectivity index (χ1n) is 6.74. The van der Waals surface area contributed by atoms with E-state index in [1.807, 2.05) is 6.92 Å². The zero-order valence-electron chi connectivity index (χ0n) is 12.2. The van der Waals surface area contributed by atoms with Gasteiger partial charge in [-0.15, -0.1) is 0 Å². The third-order valence-electron chi connectivity index (χ3n) is 3.62. The molecule has 0 fully saturated rings. The lowest BCUT2D eigenvalue weighted by molar-refractivity contribution is 0.0994. The van der Waals surface area contributed by atoms with Gasteiger partial charge in [0.25, 0.3) is 5.91 Å². The van der Waals surface area contributed by atoms with Gasteiger partial charge in [-0.05, 0) is 30.7 Å². The smallest absolute Gasteiger partial charge is 0.267 e. The molecule has 0 aliphatic rings. The van der Waals surface area contributed by atoms with Crippen molar-refractivity contribution in [1.82, 2.24) is 9.55 Å². The van der Waals surface area contributed by atoms with E-state index in [0.29, 0.717) is 11.1 Å². The van der Waals surface area contributed by atoms with E-state index < -0.39 is 11.7 Å². The molecule has 22 heavy (non-hydrogen) atoms. The van der Waals surface area contributed by atoms with Crippen molar-refractivity contribution in [2.45, 2.75) is 6.92 Å². The van der Waals surface area contributed by atoms with Crippen molar-refractivity contribution in [3.8, 4) is 0 Å². The molecule has 0 spiro atoms. The Morgan fingerprint density at radius 3 is 2.82 bits per heavy atom. The van der Waals surface area contributed by atoms with Crippen LogP contribution in [-0.4, -0.2) is 15.5 Å². The number of nitrogens with two attached hydrogens (primary N) is 1. The molecule has 0 aliphatic heterocycles. The Kier molecular flexibility index (Phi) is 3.29.